The molecule has 0 fully saturated rings. The molecule has 1 aromatic carbocycles. The van der Waals surface area contributed by atoms with E-state index in [2.05, 4.69) is 21.3 Å². The molecule has 1 amide bonds. The van der Waals surface area contributed by atoms with Crippen LogP contribution in [0.15, 0.2) is 36.9 Å². The highest BCUT2D eigenvalue weighted by Gasteiger charge is 2.10. The van der Waals surface area contributed by atoms with Gasteiger partial charge < -0.3 is 10.1 Å². The van der Waals surface area contributed by atoms with E-state index in [-0.39, 0.29) is 13.2 Å². The van der Waals surface area contributed by atoms with Crippen LogP contribution in [-0.2, 0) is 9.53 Å². The summed E-state index contributed by atoms with van der Waals surface area (Å²) in [7, 11) is 0. The number of nitrogens with one attached hydrogen (secondary N) is 1. The standard InChI is InChI=1S/C14H12N4O3/c1-2-7-16-13(19)8-21-14(20)11-3-5-12(6-4-11)18-10-15-9-17-18/h1,3-6,9-10H,7-8H2,(H,16,19). The Kier molecular flexibility index (Phi) is 4.66. The van der Waals surface area contributed by atoms with Crippen molar-refractivity contribution in [3.63, 3.8) is 0 Å². The van der Waals surface area contributed by atoms with Gasteiger partial charge in [-0.15, -0.1) is 6.42 Å². The Balaban J connectivity index is 1.91. The molecule has 0 unspecified atom stereocenters. The third-order valence-electron chi connectivity index (χ3n) is 2.51. The number of nitrogens with zero attached hydrogens (tertiary/aromatic N) is 3. The quantitative estimate of drug-likeness (QED) is 0.625. The number of carbonyl (C=O) groups is 2. The summed E-state index contributed by atoms with van der Waals surface area (Å²) in [4.78, 5) is 26.8. The molecular formula is C14H12N4O3. The third-order valence-corrected chi connectivity index (χ3v) is 2.51. The molecule has 2 rings (SSSR count). The van der Waals surface area contributed by atoms with Gasteiger partial charge in [-0.2, -0.15) is 5.10 Å². The van der Waals surface area contributed by atoms with E-state index < -0.39 is 11.9 Å². The Morgan fingerprint density at radius 1 is 1.33 bits per heavy atom. The predicted molar refractivity (Wildman–Crippen MR) is 73.5 cm³/mol. The molecule has 1 aromatic heterocycles. The minimum absolute atomic E-state index is 0.100. The number of hydrogen-bond donors (Lipinski definition) is 1. The summed E-state index contributed by atoms with van der Waals surface area (Å²) in [6, 6.07) is 6.56. The maximum atomic E-state index is 11.7. The van der Waals surface area contributed by atoms with Gasteiger partial charge in [0, 0.05) is 0 Å². The lowest BCUT2D eigenvalue weighted by atomic mass is 10.2. The first kappa shape index (κ1) is 14.3. The Hall–Kier alpha value is -3.14. The van der Waals surface area contributed by atoms with Crippen LogP contribution in [0, 0.1) is 12.3 Å². The summed E-state index contributed by atoms with van der Waals surface area (Å²) in [5.74, 6) is 1.22. The molecule has 0 atom stereocenters. The van der Waals surface area contributed by atoms with Crippen LogP contribution in [0.4, 0.5) is 0 Å². The summed E-state index contributed by atoms with van der Waals surface area (Å²) < 4.78 is 6.42. The molecule has 1 heterocycles. The fraction of sp³-hybridized carbons (Fsp3) is 0.143. The monoisotopic (exact) mass is 284 g/mol. The molecule has 21 heavy (non-hydrogen) atoms. The number of aromatic nitrogens is 3. The van der Waals surface area contributed by atoms with Gasteiger partial charge >= 0.3 is 5.97 Å². The minimum atomic E-state index is -0.587. The van der Waals surface area contributed by atoms with Crippen molar-refractivity contribution in [1.29, 1.82) is 0 Å². The first-order chi connectivity index (χ1) is 10.2. The van der Waals surface area contributed by atoms with E-state index in [9.17, 15) is 9.59 Å². The van der Waals surface area contributed by atoms with E-state index in [1.807, 2.05) is 0 Å². The average molecular weight is 284 g/mol. The zero-order valence-electron chi connectivity index (χ0n) is 11.0. The first-order valence-corrected chi connectivity index (χ1v) is 6.03. The van der Waals surface area contributed by atoms with Crippen LogP contribution in [0.25, 0.3) is 5.69 Å². The molecule has 0 spiro atoms. The van der Waals surface area contributed by atoms with Crippen molar-refractivity contribution in [3.05, 3.63) is 42.5 Å². The lowest BCUT2D eigenvalue weighted by Crippen LogP contribution is -2.28. The maximum absolute atomic E-state index is 11.7. The Morgan fingerprint density at radius 3 is 2.71 bits per heavy atom. The van der Waals surface area contributed by atoms with Crippen molar-refractivity contribution in [1.82, 2.24) is 20.1 Å². The fourth-order valence-electron chi connectivity index (χ4n) is 1.51. The van der Waals surface area contributed by atoms with E-state index >= 15 is 0 Å². The van der Waals surface area contributed by atoms with Gasteiger partial charge in [0.15, 0.2) is 6.61 Å². The molecular weight excluding hydrogens is 272 g/mol. The fourth-order valence-corrected chi connectivity index (χ4v) is 1.51. The van der Waals surface area contributed by atoms with Gasteiger partial charge in [-0.05, 0) is 24.3 Å². The SMILES string of the molecule is C#CCNC(=O)COC(=O)c1ccc(-n2cncn2)cc1. The smallest absolute Gasteiger partial charge is 0.338 e. The Bertz CT molecular complexity index is 657. The molecule has 0 bridgehead atoms. The van der Waals surface area contributed by atoms with Gasteiger partial charge in [0.1, 0.15) is 12.7 Å². The molecule has 0 aliphatic heterocycles. The van der Waals surface area contributed by atoms with Gasteiger partial charge in [0.05, 0.1) is 17.8 Å². The highest BCUT2D eigenvalue weighted by Crippen LogP contribution is 2.09. The summed E-state index contributed by atoms with van der Waals surface area (Å²) in [5.41, 5.74) is 1.10. The second-order valence-electron chi connectivity index (χ2n) is 3.94. The highest BCUT2D eigenvalue weighted by molar-refractivity contribution is 5.91. The van der Waals surface area contributed by atoms with Crippen molar-refractivity contribution in [2.75, 3.05) is 13.2 Å². The van der Waals surface area contributed by atoms with Crippen LogP contribution in [0.3, 0.4) is 0 Å². The number of benzene rings is 1. The largest absolute Gasteiger partial charge is 0.452 e. The number of esters is 1. The van der Waals surface area contributed by atoms with Crippen molar-refractivity contribution >= 4 is 11.9 Å². The average Bonchev–Trinajstić information content (AvgIpc) is 3.05. The molecule has 0 saturated carbocycles. The summed E-state index contributed by atoms with van der Waals surface area (Å²) >= 11 is 0. The van der Waals surface area contributed by atoms with Gasteiger partial charge in [0.25, 0.3) is 5.91 Å². The normalized spacial score (nSPS) is 9.67. The molecule has 1 N–H and O–H groups in total. The van der Waals surface area contributed by atoms with E-state index in [0.717, 1.165) is 5.69 Å². The van der Waals surface area contributed by atoms with Crippen LogP contribution in [-0.4, -0.2) is 39.8 Å². The van der Waals surface area contributed by atoms with Crippen molar-refractivity contribution in [2.45, 2.75) is 0 Å². The van der Waals surface area contributed by atoms with Gasteiger partial charge in [-0.1, -0.05) is 5.92 Å². The number of ether oxygens (including phenoxy) is 1. The van der Waals surface area contributed by atoms with Crippen molar-refractivity contribution < 1.29 is 14.3 Å². The van der Waals surface area contributed by atoms with Crippen LogP contribution in [0.2, 0.25) is 0 Å². The topological polar surface area (TPSA) is 86.1 Å². The molecule has 0 radical (unpaired) electrons. The molecule has 0 aliphatic rings. The predicted octanol–water partition coefficient (Wildman–Crippen LogP) is 0.173. The Morgan fingerprint density at radius 2 is 2.10 bits per heavy atom. The minimum Gasteiger partial charge on any atom is -0.452 e. The van der Waals surface area contributed by atoms with E-state index in [0.29, 0.717) is 5.56 Å². The van der Waals surface area contributed by atoms with Crippen LogP contribution in [0.1, 0.15) is 10.4 Å². The zero-order valence-corrected chi connectivity index (χ0v) is 11.0. The molecule has 2 aromatic rings. The summed E-state index contributed by atoms with van der Waals surface area (Å²) in [6.45, 7) is -0.270. The number of hydrogen-bond acceptors (Lipinski definition) is 5. The van der Waals surface area contributed by atoms with Crippen LogP contribution in [0.5, 0.6) is 0 Å². The number of terminal acetylenes is 1. The molecule has 0 aliphatic carbocycles. The number of amides is 1. The first-order valence-electron chi connectivity index (χ1n) is 6.03. The van der Waals surface area contributed by atoms with Gasteiger partial charge in [-0.3, -0.25) is 4.79 Å². The van der Waals surface area contributed by atoms with Gasteiger partial charge in [0.2, 0.25) is 0 Å². The molecule has 0 saturated heterocycles. The van der Waals surface area contributed by atoms with E-state index in [1.54, 1.807) is 35.3 Å². The van der Waals surface area contributed by atoms with Crippen molar-refractivity contribution in [3.8, 4) is 18.0 Å². The second kappa shape index (κ2) is 6.86. The number of rotatable bonds is 5. The second-order valence-corrected chi connectivity index (χ2v) is 3.94. The Labute approximate surface area is 120 Å². The highest BCUT2D eigenvalue weighted by atomic mass is 16.5. The van der Waals surface area contributed by atoms with Gasteiger partial charge in [-0.25, -0.2) is 14.5 Å². The number of carbonyl (C=O) groups excluding carboxylic acids is 2. The zero-order chi connectivity index (χ0) is 15.1. The van der Waals surface area contributed by atoms with Crippen LogP contribution < -0.4 is 5.32 Å². The molecule has 7 heteroatoms. The van der Waals surface area contributed by atoms with E-state index in [1.165, 1.54) is 6.33 Å². The van der Waals surface area contributed by atoms with E-state index in [4.69, 9.17) is 11.2 Å². The molecule has 106 valence electrons. The summed E-state index contributed by atoms with van der Waals surface area (Å²) in [5, 5.41) is 6.37. The van der Waals surface area contributed by atoms with Crippen LogP contribution >= 0.6 is 0 Å². The summed E-state index contributed by atoms with van der Waals surface area (Å²) in [6.07, 6.45) is 7.95. The lowest BCUT2D eigenvalue weighted by molar-refractivity contribution is -0.123. The molecule has 7 nitrogen and oxygen atoms in total. The third kappa shape index (κ3) is 3.91. The van der Waals surface area contributed by atoms with Crippen molar-refractivity contribution in [2.24, 2.45) is 0 Å². The maximum Gasteiger partial charge on any atom is 0.338 e. The lowest BCUT2D eigenvalue weighted by Gasteiger charge is -2.05.